The first kappa shape index (κ1) is 22.0. The van der Waals surface area contributed by atoms with Gasteiger partial charge in [-0.25, -0.2) is 13.8 Å². The molecule has 7 nitrogen and oxygen atoms in total. The van der Waals surface area contributed by atoms with Gasteiger partial charge in [-0.05, 0) is 60.6 Å². The molecule has 1 aliphatic rings. The number of amides is 1. The highest BCUT2D eigenvalue weighted by atomic mass is 19.1. The zero-order chi connectivity index (χ0) is 23.7. The second-order valence-electron chi connectivity index (χ2n) is 8.53. The van der Waals surface area contributed by atoms with Gasteiger partial charge in [0.25, 0.3) is 5.91 Å². The molecule has 4 aromatic rings. The second-order valence-corrected chi connectivity index (χ2v) is 8.53. The van der Waals surface area contributed by atoms with Crippen LogP contribution < -0.4 is 5.32 Å². The number of carbonyl (C=O) groups excluding carboxylic acids is 1. The average molecular weight is 463 g/mol. The maximum atomic E-state index is 14.1. The van der Waals surface area contributed by atoms with Crippen molar-refractivity contribution in [2.75, 3.05) is 38.5 Å². The number of rotatable bonds is 5. The van der Waals surface area contributed by atoms with E-state index in [1.807, 2.05) is 35.2 Å². The molecule has 0 bridgehead atoms. The molecule has 0 spiro atoms. The largest absolute Gasteiger partial charge is 0.340 e. The third kappa shape index (κ3) is 4.60. The molecule has 0 atom stereocenters. The maximum Gasteiger partial charge on any atom is 0.254 e. The molecule has 3 heterocycles. The molecule has 0 unspecified atom stereocenters. The van der Waals surface area contributed by atoms with Crippen molar-refractivity contribution in [3.05, 3.63) is 83.1 Å². The fourth-order valence-electron chi connectivity index (χ4n) is 4.10. The Balaban J connectivity index is 1.37. The van der Waals surface area contributed by atoms with Crippen LogP contribution in [0.25, 0.3) is 11.0 Å². The standard InChI is InChI=1S/C25H24F2N6O/c1-32-7-9-33(10-8-32)25(34)17-3-2-4-20(14-17)29-24-21-12-16(15-28-23(21)30-31-24)11-18-13-19(26)5-6-22(18)27/h2-6,12-15H,7-11H2,1H3,(H2,28,29,30,31). The highest BCUT2D eigenvalue weighted by Gasteiger charge is 2.20. The summed E-state index contributed by atoms with van der Waals surface area (Å²) < 4.78 is 27.6. The minimum Gasteiger partial charge on any atom is -0.340 e. The number of likely N-dealkylation sites (N-methyl/N-ethyl adjacent to an activating group) is 1. The number of hydrogen-bond acceptors (Lipinski definition) is 5. The summed E-state index contributed by atoms with van der Waals surface area (Å²) in [6.45, 7) is 3.13. The lowest BCUT2D eigenvalue weighted by Gasteiger charge is -2.32. The third-order valence-electron chi connectivity index (χ3n) is 6.04. The van der Waals surface area contributed by atoms with E-state index in [4.69, 9.17) is 0 Å². The van der Waals surface area contributed by atoms with Crippen LogP contribution >= 0.6 is 0 Å². The highest BCUT2D eigenvalue weighted by molar-refractivity contribution is 5.96. The van der Waals surface area contributed by atoms with E-state index in [-0.39, 0.29) is 17.9 Å². The Kier molecular flexibility index (Phi) is 5.93. The minimum absolute atomic E-state index is 0.00675. The van der Waals surface area contributed by atoms with Crippen LogP contribution in [0.3, 0.4) is 0 Å². The number of nitrogens with zero attached hydrogens (tertiary/aromatic N) is 4. The molecular formula is C25H24F2N6O. The molecule has 174 valence electrons. The lowest BCUT2D eigenvalue weighted by atomic mass is 10.1. The second kappa shape index (κ2) is 9.18. The van der Waals surface area contributed by atoms with E-state index in [0.29, 0.717) is 35.5 Å². The molecule has 2 aromatic carbocycles. The van der Waals surface area contributed by atoms with E-state index in [0.717, 1.165) is 36.5 Å². The van der Waals surface area contributed by atoms with E-state index in [9.17, 15) is 13.6 Å². The Morgan fingerprint density at radius 2 is 1.91 bits per heavy atom. The van der Waals surface area contributed by atoms with Crippen LogP contribution in [0.5, 0.6) is 0 Å². The first-order valence-corrected chi connectivity index (χ1v) is 11.1. The van der Waals surface area contributed by atoms with Crippen LogP contribution in [-0.2, 0) is 6.42 Å². The van der Waals surface area contributed by atoms with Gasteiger partial charge < -0.3 is 15.1 Å². The monoisotopic (exact) mass is 462 g/mol. The van der Waals surface area contributed by atoms with Gasteiger partial charge in [-0.1, -0.05) is 6.07 Å². The molecule has 5 rings (SSSR count). The molecule has 9 heteroatoms. The Bertz CT molecular complexity index is 1350. The van der Waals surface area contributed by atoms with E-state index in [1.165, 1.54) is 6.07 Å². The van der Waals surface area contributed by atoms with Crippen molar-refractivity contribution in [1.82, 2.24) is 25.0 Å². The predicted molar refractivity (Wildman–Crippen MR) is 126 cm³/mol. The lowest BCUT2D eigenvalue weighted by Crippen LogP contribution is -2.47. The molecule has 0 aliphatic carbocycles. The quantitative estimate of drug-likeness (QED) is 0.470. The first-order valence-electron chi connectivity index (χ1n) is 11.1. The van der Waals surface area contributed by atoms with Crippen molar-refractivity contribution in [3.8, 4) is 0 Å². The van der Waals surface area contributed by atoms with Crippen LogP contribution in [-0.4, -0.2) is 64.1 Å². The number of benzene rings is 2. The molecule has 2 N–H and O–H groups in total. The number of aromatic amines is 1. The summed E-state index contributed by atoms with van der Waals surface area (Å²) in [5.41, 5.74) is 2.82. The zero-order valence-corrected chi connectivity index (χ0v) is 18.7. The third-order valence-corrected chi connectivity index (χ3v) is 6.04. The van der Waals surface area contributed by atoms with Crippen LogP contribution in [0.1, 0.15) is 21.5 Å². The summed E-state index contributed by atoms with van der Waals surface area (Å²) in [6.07, 6.45) is 1.80. The van der Waals surface area contributed by atoms with Gasteiger partial charge in [0.05, 0.1) is 5.39 Å². The minimum atomic E-state index is -0.484. The van der Waals surface area contributed by atoms with Gasteiger partial charge in [-0.15, -0.1) is 0 Å². The van der Waals surface area contributed by atoms with Crippen molar-refractivity contribution in [2.24, 2.45) is 0 Å². The SMILES string of the molecule is CN1CCN(C(=O)c2cccc(Nc3[nH]nc4ncc(Cc5cc(F)ccc5F)cc34)c2)CC1. The number of piperazine rings is 1. The number of aromatic nitrogens is 3. The van der Waals surface area contributed by atoms with Crippen LogP contribution in [0, 0.1) is 11.6 Å². The summed E-state index contributed by atoms with van der Waals surface area (Å²) >= 11 is 0. The van der Waals surface area contributed by atoms with E-state index < -0.39 is 11.6 Å². The molecule has 1 fully saturated rings. The first-order chi connectivity index (χ1) is 16.5. The van der Waals surface area contributed by atoms with Gasteiger partial charge in [0.15, 0.2) is 5.65 Å². The average Bonchev–Trinajstić information content (AvgIpc) is 3.23. The molecule has 1 saturated heterocycles. The Hall–Kier alpha value is -3.85. The number of anilines is 2. The van der Waals surface area contributed by atoms with Gasteiger partial charge in [-0.2, -0.15) is 5.10 Å². The van der Waals surface area contributed by atoms with Crippen molar-refractivity contribution in [3.63, 3.8) is 0 Å². The Labute approximate surface area is 195 Å². The predicted octanol–water partition coefficient (Wildman–Crippen LogP) is 3.96. The Morgan fingerprint density at radius 1 is 1.09 bits per heavy atom. The molecule has 0 saturated carbocycles. The summed E-state index contributed by atoms with van der Waals surface area (Å²) in [5, 5.41) is 11.1. The number of H-pyrrole nitrogens is 1. The van der Waals surface area contributed by atoms with Gasteiger partial charge in [0, 0.05) is 50.0 Å². The highest BCUT2D eigenvalue weighted by Crippen LogP contribution is 2.26. The summed E-state index contributed by atoms with van der Waals surface area (Å²) in [4.78, 5) is 21.3. The fraction of sp³-hybridized carbons (Fsp3) is 0.240. The van der Waals surface area contributed by atoms with Crippen LogP contribution in [0.4, 0.5) is 20.3 Å². The van der Waals surface area contributed by atoms with Gasteiger partial charge in [0.2, 0.25) is 0 Å². The van der Waals surface area contributed by atoms with Crippen molar-refractivity contribution in [1.29, 1.82) is 0 Å². The summed E-state index contributed by atoms with van der Waals surface area (Å²) in [5.74, 6) is -0.337. The molecule has 1 aliphatic heterocycles. The normalized spacial score (nSPS) is 14.5. The van der Waals surface area contributed by atoms with Gasteiger partial charge >= 0.3 is 0 Å². The number of pyridine rings is 1. The smallest absolute Gasteiger partial charge is 0.254 e. The summed E-state index contributed by atoms with van der Waals surface area (Å²) in [6, 6.07) is 12.6. The zero-order valence-electron chi connectivity index (χ0n) is 18.7. The molecule has 1 amide bonds. The van der Waals surface area contributed by atoms with Gasteiger partial charge in [-0.3, -0.25) is 9.89 Å². The number of nitrogens with one attached hydrogen (secondary N) is 2. The number of hydrogen-bond donors (Lipinski definition) is 2. The molecular weight excluding hydrogens is 438 g/mol. The van der Waals surface area contributed by atoms with Gasteiger partial charge in [0.1, 0.15) is 17.5 Å². The molecule has 0 radical (unpaired) electrons. The summed E-state index contributed by atoms with van der Waals surface area (Å²) in [7, 11) is 2.05. The lowest BCUT2D eigenvalue weighted by molar-refractivity contribution is 0.0664. The van der Waals surface area contributed by atoms with E-state index in [1.54, 1.807) is 6.20 Å². The topological polar surface area (TPSA) is 77.1 Å². The van der Waals surface area contributed by atoms with Crippen molar-refractivity contribution < 1.29 is 13.6 Å². The van der Waals surface area contributed by atoms with E-state index in [2.05, 4.69) is 32.4 Å². The van der Waals surface area contributed by atoms with Crippen LogP contribution in [0.2, 0.25) is 0 Å². The maximum absolute atomic E-state index is 14.1. The number of halogens is 2. The number of fused-ring (bicyclic) bond motifs is 1. The Morgan fingerprint density at radius 3 is 2.74 bits per heavy atom. The molecule has 2 aromatic heterocycles. The van der Waals surface area contributed by atoms with Crippen molar-refractivity contribution >= 4 is 28.4 Å². The molecule has 34 heavy (non-hydrogen) atoms. The van der Waals surface area contributed by atoms with E-state index >= 15 is 0 Å². The van der Waals surface area contributed by atoms with Crippen LogP contribution in [0.15, 0.2) is 54.7 Å². The fourth-order valence-corrected chi connectivity index (χ4v) is 4.10. The number of carbonyl (C=O) groups is 1. The van der Waals surface area contributed by atoms with Crippen molar-refractivity contribution in [2.45, 2.75) is 6.42 Å².